The summed E-state index contributed by atoms with van der Waals surface area (Å²) >= 11 is 1.12. The molecule has 0 aliphatic rings. The lowest BCUT2D eigenvalue weighted by Gasteiger charge is -2.17. The summed E-state index contributed by atoms with van der Waals surface area (Å²) in [6, 6.07) is 3.27. The van der Waals surface area contributed by atoms with Crippen molar-refractivity contribution in [1.29, 1.82) is 0 Å². The monoisotopic (exact) mass is 260 g/mol. The van der Waals surface area contributed by atoms with Crippen LogP contribution in [0.2, 0.25) is 0 Å². The summed E-state index contributed by atoms with van der Waals surface area (Å²) in [5.74, 6) is -1.72. The first-order valence-electron chi connectivity index (χ1n) is 5.15. The van der Waals surface area contributed by atoms with Crippen molar-refractivity contribution < 1.29 is 18.3 Å². The van der Waals surface area contributed by atoms with E-state index in [9.17, 15) is 13.6 Å². The third-order valence-corrected chi connectivity index (χ3v) is 3.83. The van der Waals surface area contributed by atoms with Crippen molar-refractivity contribution in [3.05, 3.63) is 29.8 Å². The SMILES string of the molecule is COC(=O)C(C)C(C)Sc1cc(F)ccc1F. The molecule has 0 spiro atoms. The van der Waals surface area contributed by atoms with Crippen molar-refractivity contribution in [1.82, 2.24) is 0 Å². The van der Waals surface area contributed by atoms with Crippen LogP contribution in [-0.2, 0) is 9.53 Å². The van der Waals surface area contributed by atoms with Gasteiger partial charge in [0.05, 0.1) is 13.0 Å². The van der Waals surface area contributed by atoms with E-state index in [-0.39, 0.29) is 22.0 Å². The van der Waals surface area contributed by atoms with Gasteiger partial charge in [0.25, 0.3) is 0 Å². The maximum Gasteiger partial charge on any atom is 0.309 e. The van der Waals surface area contributed by atoms with E-state index in [0.717, 1.165) is 30.0 Å². The van der Waals surface area contributed by atoms with Crippen molar-refractivity contribution in [2.45, 2.75) is 24.0 Å². The summed E-state index contributed by atoms with van der Waals surface area (Å²) in [5, 5.41) is -0.196. The predicted octanol–water partition coefficient (Wildman–Crippen LogP) is 3.25. The Hall–Kier alpha value is -1.10. The Morgan fingerprint density at radius 2 is 2.00 bits per heavy atom. The zero-order valence-corrected chi connectivity index (χ0v) is 10.7. The highest BCUT2D eigenvalue weighted by atomic mass is 32.2. The molecule has 1 aromatic carbocycles. The van der Waals surface area contributed by atoms with E-state index >= 15 is 0 Å². The van der Waals surface area contributed by atoms with E-state index in [1.165, 1.54) is 7.11 Å². The van der Waals surface area contributed by atoms with Gasteiger partial charge in [-0.05, 0) is 18.2 Å². The molecule has 17 heavy (non-hydrogen) atoms. The van der Waals surface area contributed by atoms with Crippen LogP contribution >= 0.6 is 11.8 Å². The molecule has 0 aliphatic heterocycles. The first-order chi connectivity index (χ1) is 7.95. The average Bonchev–Trinajstić information content (AvgIpc) is 2.31. The summed E-state index contributed by atoms with van der Waals surface area (Å²) in [5.41, 5.74) is 0. The Labute approximate surface area is 103 Å². The zero-order valence-electron chi connectivity index (χ0n) is 9.87. The Morgan fingerprint density at radius 3 is 2.59 bits per heavy atom. The maximum absolute atomic E-state index is 13.4. The van der Waals surface area contributed by atoms with Crippen LogP contribution in [0.25, 0.3) is 0 Å². The van der Waals surface area contributed by atoms with Crippen LogP contribution in [0.5, 0.6) is 0 Å². The third-order valence-electron chi connectivity index (χ3n) is 2.48. The van der Waals surface area contributed by atoms with Crippen molar-refractivity contribution >= 4 is 17.7 Å². The van der Waals surface area contributed by atoms with Gasteiger partial charge in [0.1, 0.15) is 11.6 Å². The van der Waals surface area contributed by atoms with Crippen LogP contribution in [0.3, 0.4) is 0 Å². The Bertz CT molecular complexity index is 409. The Kier molecular flexibility index (Phi) is 4.93. The molecule has 0 bridgehead atoms. The Balaban J connectivity index is 2.77. The molecule has 5 heteroatoms. The summed E-state index contributed by atoms with van der Waals surface area (Å²) in [6.07, 6.45) is 0. The number of methoxy groups -OCH3 is 1. The second kappa shape index (κ2) is 6.00. The smallest absolute Gasteiger partial charge is 0.309 e. The second-order valence-electron chi connectivity index (χ2n) is 3.71. The van der Waals surface area contributed by atoms with Crippen molar-refractivity contribution in [3.63, 3.8) is 0 Å². The van der Waals surface area contributed by atoms with Gasteiger partial charge in [-0.25, -0.2) is 8.78 Å². The molecule has 1 rings (SSSR count). The van der Waals surface area contributed by atoms with Crippen molar-refractivity contribution in [2.24, 2.45) is 5.92 Å². The highest BCUT2D eigenvalue weighted by Crippen LogP contribution is 2.30. The quantitative estimate of drug-likeness (QED) is 0.614. The van der Waals surface area contributed by atoms with E-state index in [1.54, 1.807) is 13.8 Å². The molecule has 94 valence electrons. The minimum Gasteiger partial charge on any atom is -0.469 e. The Morgan fingerprint density at radius 1 is 1.35 bits per heavy atom. The van der Waals surface area contributed by atoms with Gasteiger partial charge in [-0.15, -0.1) is 11.8 Å². The normalized spacial score (nSPS) is 14.2. The number of benzene rings is 1. The zero-order chi connectivity index (χ0) is 13.0. The van der Waals surface area contributed by atoms with Gasteiger partial charge in [-0.3, -0.25) is 4.79 Å². The lowest BCUT2D eigenvalue weighted by Crippen LogP contribution is -2.22. The number of halogens is 2. The molecule has 0 amide bonds. The molecule has 0 N–H and O–H groups in total. The first-order valence-corrected chi connectivity index (χ1v) is 6.03. The van der Waals surface area contributed by atoms with E-state index in [1.807, 2.05) is 0 Å². The average molecular weight is 260 g/mol. The largest absolute Gasteiger partial charge is 0.469 e. The molecule has 2 unspecified atom stereocenters. The van der Waals surface area contributed by atoms with Gasteiger partial charge in [0.2, 0.25) is 0 Å². The summed E-state index contributed by atoms with van der Waals surface area (Å²) in [7, 11) is 1.30. The number of hydrogen-bond donors (Lipinski definition) is 0. The number of carbonyl (C=O) groups is 1. The number of esters is 1. The van der Waals surface area contributed by atoms with Gasteiger partial charge in [-0.2, -0.15) is 0 Å². The van der Waals surface area contributed by atoms with Crippen LogP contribution in [0, 0.1) is 17.6 Å². The molecule has 0 aliphatic carbocycles. The summed E-state index contributed by atoms with van der Waals surface area (Å²) in [6.45, 7) is 3.47. The molecule has 0 saturated carbocycles. The summed E-state index contributed by atoms with van der Waals surface area (Å²) in [4.78, 5) is 11.5. The number of rotatable bonds is 4. The number of carbonyl (C=O) groups excluding carboxylic acids is 1. The van der Waals surface area contributed by atoms with Crippen molar-refractivity contribution in [3.8, 4) is 0 Å². The highest BCUT2D eigenvalue weighted by Gasteiger charge is 2.22. The van der Waals surface area contributed by atoms with Crippen LogP contribution in [0.4, 0.5) is 8.78 Å². The lowest BCUT2D eigenvalue weighted by molar-refractivity contribution is -0.144. The van der Waals surface area contributed by atoms with Crippen LogP contribution in [0.15, 0.2) is 23.1 Å². The lowest BCUT2D eigenvalue weighted by atomic mass is 10.1. The topological polar surface area (TPSA) is 26.3 Å². The fourth-order valence-corrected chi connectivity index (χ4v) is 2.32. The van der Waals surface area contributed by atoms with Gasteiger partial charge >= 0.3 is 5.97 Å². The van der Waals surface area contributed by atoms with Gasteiger partial charge < -0.3 is 4.74 Å². The molecular weight excluding hydrogens is 246 g/mol. The second-order valence-corrected chi connectivity index (χ2v) is 5.13. The van der Waals surface area contributed by atoms with E-state index in [4.69, 9.17) is 0 Å². The van der Waals surface area contributed by atoms with Gasteiger partial charge in [0, 0.05) is 10.1 Å². The highest BCUT2D eigenvalue weighted by molar-refractivity contribution is 8.00. The molecule has 1 aromatic rings. The predicted molar refractivity (Wildman–Crippen MR) is 62.9 cm³/mol. The minimum absolute atomic E-state index is 0.196. The number of ether oxygens (including phenoxy) is 1. The number of thioether (sulfide) groups is 1. The molecular formula is C12H14F2O2S. The number of hydrogen-bond acceptors (Lipinski definition) is 3. The molecule has 0 radical (unpaired) electrons. The molecule has 2 nitrogen and oxygen atoms in total. The summed E-state index contributed by atoms with van der Waals surface area (Å²) < 4.78 is 30.9. The van der Waals surface area contributed by atoms with Crippen LogP contribution in [-0.4, -0.2) is 18.3 Å². The molecule has 0 saturated heterocycles. The maximum atomic E-state index is 13.4. The van der Waals surface area contributed by atoms with Gasteiger partial charge in [-0.1, -0.05) is 13.8 Å². The van der Waals surface area contributed by atoms with Gasteiger partial charge in [0.15, 0.2) is 0 Å². The van der Waals surface area contributed by atoms with Crippen LogP contribution in [0.1, 0.15) is 13.8 Å². The molecule has 0 fully saturated rings. The van der Waals surface area contributed by atoms with Crippen LogP contribution < -0.4 is 0 Å². The third kappa shape index (κ3) is 3.70. The van der Waals surface area contributed by atoms with E-state index in [0.29, 0.717) is 0 Å². The first kappa shape index (κ1) is 14.0. The minimum atomic E-state index is -0.494. The fourth-order valence-electron chi connectivity index (χ4n) is 1.25. The molecule has 0 aromatic heterocycles. The molecule has 2 atom stereocenters. The van der Waals surface area contributed by atoms with E-state index < -0.39 is 11.6 Å². The standard InChI is InChI=1S/C12H14F2O2S/c1-7(12(15)16-3)8(2)17-11-6-9(13)4-5-10(11)14/h4-8H,1-3H3. The van der Waals surface area contributed by atoms with Crippen molar-refractivity contribution in [2.75, 3.05) is 7.11 Å². The molecule has 0 heterocycles. The fraction of sp³-hybridized carbons (Fsp3) is 0.417. The van der Waals surface area contributed by atoms with E-state index in [2.05, 4.69) is 4.74 Å².